The highest BCUT2D eigenvalue weighted by atomic mass is 28.4. The van der Waals surface area contributed by atoms with Gasteiger partial charge in [-0.05, 0) is 82.3 Å². The van der Waals surface area contributed by atoms with E-state index in [1.165, 1.54) is 0 Å². The Hall–Kier alpha value is -2.49. The van der Waals surface area contributed by atoms with E-state index in [0.717, 1.165) is 30.7 Å². The summed E-state index contributed by atoms with van der Waals surface area (Å²) in [6.07, 6.45) is 1.74. The lowest BCUT2D eigenvalue weighted by atomic mass is 10.0. The molecule has 0 aromatic heterocycles. The lowest BCUT2D eigenvalue weighted by Gasteiger charge is -2.34. The average molecular weight is 499 g/mol. The number of hydrogen-bond donors (Lipinski definition) is 0. The molecule has 2 aromatic rings. The van der Waals surface area contributed by atoms with Crippen LogP contribution >= 0.6 is 0 Å². The molecule has 0 amide bonds. The molecule has 0 N–H and O–H groups in total. The number of ketones is 1. The third-order valence-corrected chi connectivity index (χ3v) is 12.9. The average Bonchev–Trinajstić information content (AvgIpc) is 2.79. The van der Waals surface area contributed by atoms with Gasteiger partial charge in [-0.15, -0.1) is 0 Å². The van der Waals surface area contributed by atoms with Crippen LogP contribution < -0.4 is 4.74 Å². The van der Waals surface area contributed by atoms with Crippen LogP contribution in [0.4, 0.5) is 0 Å². The van der Waals surface area contributed by atoms with E-state index in [9.17, 15) is 9.59 Å². The van der Waals surface area contributed by atoms with Crippen molar-refractivity contribution >= 4 is 28.4 Å². The zero-order valence-corrected chi connectivity index (χ0v) is 23.2. The molecule has 0 saturated heterocycles. The smallest absolute Gasteiger partial charge is 0.333 e. The van der Waals surface area contributed by atoms with Gasteiger partial charge in [0.1, 0.15) is 5.75 Å². The van der Waals surface area contributed by atoms with Crippen LogP contribution in [0.5, 0.6) is 5.75 Å². The molecule has 0 bridgehead atoms. The third-order valence-electron chi connectivity index (χ3n) is 5.40. The van der Waals surface area contributed by atoms with E-state index in [1.54, 1.807) is 6.92 Å². The zero-order valence-electron chi connectivity index (χ0n) is 21.2. The number of benzene rings is 2. The first kappa shape index (κ1) is 27.8. The van der Waals surface area contributed by atoms with Crippen molar-refractivity contribution in [2.24, 2.45) is 0 Å². The van der Waals surface area contributed by atoms with Gasteiger partial charge in [-0.1, -0.05) is 36.9 Å². The zero-order chi connectivity index (χ0) is 25.2. The minimum Gasteiger partial charge on any atom is -0.494 e. The molecule has 0 unspecified atom stereocenters. The topological polar surface area (TPSA) is 61.8 Å². The van der Waals surface area contributed by atoms with Gasteiger partial charge in [0.05, 0.1) is 13.2 Å². The van der Waals surface area contributed by atoms with Crippen LogP contribution in [0.15, 0.2) is 66.7 Å². The van der Waals surface area contributed by atoms with Gasteiger partial charge in [0.25, 0.3) is 0 Å². The summed E-state index contributed by atoms with van der Waals surface area (Å²) in [7, 11) is -3.65. The SMILES string of the molecule is C=C(C)C(=O)OCCC[Si](C)(C)O[Si](C)(C)CCCOc1ccc(C(=O)c2ccccc2)cc1. The second kappa shape index (κ2) is 12.8. The van der Waals surface area contributed by atoms with E-state index >= 15 is 0 Å². The summed E-state index contributed by atoms with van der Waals surface area (Å²) in [5.41, 5.74) is 1.77. The molecule has 0 fully saturated rings. The molecule has 184 valence electrons. The minimum atomic E-state index is -1.83. The van der Waals surface area contributed by atoms with Gasteiger partial charge >= 0.3 is 5.97 Å². The first-order chi connectivity index (χ1) is 16.0. The lowest BCUT2D eigenvalue weighted by molar-refractivity contribution is -0.138. The second-order valence-electron chi connectivity index (χ2n) is 9.81. The number of rotatable bonds is 14. The predicted molar refractivity (Wildman–Crippen MR) is 142 cm³/mol. The largest absolute Gasteiger partial charge is 0.494 e. The summed E-state index contributed by atoms with van der Waals surface area (Å²) in [5, 5.41) is 0. The van der Waals surface area contributed by atoms with Crippen LogP contribution in [0.2, 0.25) is 38.3 Å². The number of hydrogen-bond acceptors (Lipinski definition) is 5. The molecule has 2 aromatic carbocycles. The van der Waals surface area contributed by atoms with Gasteiger partial charge in [0.2, 0.25) is 0 Å². The van der Waals surface area contributed by atoms with Crippen molar-refractivity contribution in [2.45, 2.75) is 58.0 Å². The van der Waals surface area contributed by atoms with E-state index in [-0.39, 0.29) is 11.8 Å². The van der Waals surface area contributed by atoms with Crippen molar-refractivity contribution in [1.82, 2.24) is 0 Å². The highest BCUT2D eigenvalue weighted by Gasteiger charge is 2.32. The van der Waals surface area contributed by atoms with Crippen molar-refractivity contribution in [3.63, 3.8) is 0 Å². The molecule has 0 atom stereocenters. The van der Waals surface area contributed by atoms with Crippen LogP contribution in [0.1, 0.15) is 35.7 Å². The molecule has 0 aliphatic heterocycles. The monoisotopic (exact) mass is 498 g/mol. The summed E-state index contributed by atoms with van der Waals surface area (Å²) < 4.78 is 17.7. The van der Waals surface area contributed by atoms with E-state index in [4.69, 9.17) is 13.6 Å². The summed E-state index contributed by atoms with van der Waals surface area (Å²) >= 11 is 0. The third kappa shape index (κ3) is 9.79. The maximum atomic E-state index is 12.5. The van der Waals surface area contributed by atoms with Crippen molar-refractivity contribution in [2.75, 3.05) is 13.2 Å². The lowest BCUT2D eigenvalue weighted by Crippen LogP contribution is -2.44. The van der Waals surface area contributed by atoms with Crippen molar-refractivity contribution in [1.29, 1.82) is 0 Å². The van der Waals surface area contributed by atoms with E-state index in [0.29, 0.717) is 29.9 Å². The highest BCUT2D eigenvalue weighted by molar-refractivity contribution is 6.84. The normalized spacial score (nSPS) is 11.7. The molecule has 34 heavy (non-hydrogen) atoms. The molecule has 7 heteroatoms. The maximum absolute atomic E-state index is 12.5. The molecule has 0 saturated carbocycles. The van der Waals surface area contributed by atoms with Gasteiger partial charge in [-0.3, -0.25) is 4.79 Å². The van der Waals surface area contributed by atoms with Gasteiger partial charge in [0.15, 0.2) is 22.4 Å². The number of ether oxygens (including phenoxy) is 2. The van der Waals surface area contributed by atoms with Crippen molar-refractivity contribution < 1.29 is 23.2 Å². The fraction of sp³-hybridized carbons (Fsp3) is 0.407. The summed E-state index contributed by atoms with van der Waals surface area (Å²) in [6, 6.07) is 18.6. The Bertz CT molecular complexity index is 953. The van der Waals surface area contributed by atoms with E-state index in [1.807, 2.05) is 54.6 Å². The van der Waals surface area contributed by atoms with Crippen molar-refractivity contribution in [3.05, 3.63) is 77.9 Å². The maximum Gasteiger partial charge on any atom is 0.333 e. The second-order valence-corrected chi connectivity index (χ2v) is 18.7. The Morgan fingerprint density at radius 1 is 0.794 bits per heavy atom. The molecular weight excluding hydrogens is 460 g/mol. The van der Waals surface area contributed by atoms with Crippen molar-refractivity contribution in [3.8, 4) is 5.75 Å². The molecule has 0 spiro atoms. The van der Waals surface area contributed by atoms with Gasteiger partial charge in [0, 0.05) is 16.7 Å². The molecule has 0 radical (unpaired) electrons. The number of carbonyl (C=O) groups is 2. The number of carbonyl (C=O) groups excluding carboxylic acids is 2. The highest BCUT2D eigenvalue weighted by Crippen LogP contribution is 2.24. The van der Waals surface area contributed by atoms with Gasteiger partial charge < -0.3 is 13.6 Å². The van der Waals surface area contributed by atoms with Crippen LogP contribution in [0, 0.1) is 0 Å². The van der Waals surface area contributed by atoms with Gasteiger partial charge in [-0.25, -0.2) is 4.79 Å². The molecule has 2 rings (SSSR count). The van der Waals surface area contributed by atoms with Crippen LogP contribution in [-0.2, 0) is 13.6 Å². The van der Waals surface area contributed by atoms with E-state index in [2.05, 4.69) is 32.8 Å². The Labute approximate surface area is 206 Å². The fourth-order valence-corrected chi connectivity index (χ4v) is 12.6. The predicted octanol–water partition coefficient (Wildman–Crippen LogP) is 6.62. The molecule has 0 aliphatic carbocycles. The van der Waals surface area contributed by atoms with Crippen LogP contribution in [0.25, 0.3) is 0 Å². The summed E-state index contributed by atoms with van der Waals surface area (Å²) in [5.74, 6) is 0.453. The number of esters is 1. The Kier molecular flexibility index (Phi) is 10.5. The molecule has 0 heterocycles. The summed E-state index contributed by atoms with van der Waals surface area (Å²) in [4.78, 5) is 24.0. The first-order valence-corrected chi connectivity index (χ1v) is 18.1. The molecule has 0 aliphatic rings. The molecular formula is C27H38O5Si2. The van der Waals surface area contributed by atoms with E-state index < -0.39 is 16.6 Å². The summed E-state index contributed by atoms with van der Waals surface area (Å²) in [6.45, 7) is 15.3. The Balaban J connectivity index is 1.72. The van der Waals surface area contributed by atoms with Gasteiger partial charge in [-0.2, -0.15) is 0 Å². The minimum absolute atomic E-state index is 0.0119. The Morgan fingerprint density at radius 2 is 1.32 bits per heavy atom. The fourth-order valence-electron chi connectivity index (χ4n) is 3.78. The quantitative estimate of drug-likeness (QED) is 0.0962. The standard InChI is InChI=1S/C27H38O5Si2/c1-22(2)27(29)31-19-11-21-34(5,6)32-33(3,4)20-10-18-30-25-16-14-24(15-17-25)26(28)23-12-8-7-9-13-23/h7-9,12-17H,1,10-11,18-21H2,2-6H3. The van der Waals surface area contributed by atoms with Crippen LogP contribution in [0.3, 0.4) is 0 Å². The Morgan fingerprint density at radius 3 is 1.88 bits per heavy atom. The first-order valence-electron chi connectivity index (χ1n) is 11.8. The molecule has 5 nitrogen and oxygen atoms in total. The van der Waals surface area contributed by atoms with Crippen LogP contribution in [-0.4, -0.2) is 41.6 Å².